The Morgan fingerprint density at radius 1 is 1.08 bits per heavy atom. The molecule has 0 radical (unpaired) electrons. The molecule has 4 rings (SSSR count). The van der Waals surface area contributed by atoms with E-state index in [4.69, 9.17) is 0 Å². The first-order valence-electron chi connectivity index (χ1n) is 9.09. The summed E-state index contributed by atoms with van der Waals surface area (Å²) >= 11 is 0. The van der Waals surface area contributed by atoms with Gasteiger partial charge < -0.3 is 14.5 Å². The van der Waals surface area contributed by atoms with Gasteiger partial charge in [-0.15, -0.1) is 10.2 Å². The third-order valence-electron chi connectivity index (χ3n) is 5.00. The van der Waals surface area contributed by atoms with Gasteiger partial charge in [-0.3, -0.25) is 4.79 Å². The van der Waals surface area contributed by atoms with Crippen molar-refractivity contribution in [3.63, 3.8) is 0 Å². The summed E-state index contributed by atoms with van der Waals surface area (Å²) in [4.78, 5) is 12.5. The monoisotopic (exact) mass is 349 g/mol. The lowest BCUT2D eigenvalue weighted by Crippen LogP contribution is -2.16. The second-order valence-corrected chi connectivity index (χ2v) is 6.89. The molecule has 134 valence electrons. The summed E-state index contributed by atoms with van der Waals surface area (Å²) in [6.45, 7) is 2.91. The first-order valence-corrected chi connectivity index (χ1v) is 9.09. The van der Waals surface area contributed by atoms with Crippen LogP contribution >= 0.6 is 0 Å². The number of aryl methyl sites for hydroxylation is 3. The van der Waals surface area contributed by atoms with Crippen LogP contribution in [0.1, 0.15) is 41.1 Å². The molecule has 6 heteroatoms. The van der Waals surface area contributed by atoms with Crippen LogP contribution in [0.15, 0.2) is 36.5 Å². The minimum atomic E-state index is -0.0981. The van der Waals surface area contributed by atoms with Gasteiger partial charge in [0.1, 0.15) is 11.5 Å². The molecule has 0 unspecified atom stereocenters. The molecule has 0 atom stereocenters. The number of carbonyl (C=O) groups excluding carboxylic acids is 1. The Hall–Kier alpha value is -2.89. The number of aromatic nitrogens is 4. The summed E-state index contributed by atoms with van der Waals surface area (Å²) in [6.07, 6.45) is 6.48. The van der Waals surface area contributed by atoms with E-state index in [1.54, 1.807) is 0 Å². The smallest absolute Gasteiger partial charge is 0.272 e. The summed E-state index contributed by atoms with van der Waals surface area (Å²) in [5.41, 5.74) is 3.44. The molecule has 0 aliphatic carbocycles. The minimum Gasteiger partial charge on any atom is -0.346 e. The first kappa shape index (κ1) is 16.6. The van der Waals surface area contributed by atoms with Crippen molar-refractivity contribution in [2.75, 3.05) is 5.32 Å². The predicted molar refractivity (Wildman–Crippen MR) is 101 cm³/mol. The lowest BCUT2D eigenvalue weighted by molar-refractivity contribution is 0.101. The third-order valence-corrected chi connectivity index (χ3v) is 5.00. The van der Waals surface area contributed by atoms with Gasteiger partial charge in [0.25, 0.3) is 5.91 Å². The van der Waals surface area contributed by atoms with E-state index in [-0.39, 0.29) is 5.91 Å². The topological polar surface area (TPSA) is 64.7 Å². The number of fused-ring (bicyclic) bond motifs is 1. The largest absolute Gasteiger partial charge is 0.346 e. The second kappa shape index (κ2) is 6.78. The highest BCUT2D eigenvalue weighted by Crippen LogP contribution is 2.24. The van der Waals surface area contributed by atoms with Gasteiger partial charge in [0.15, 0.2) is 5.82 Å². The molecule has 1 N–H and O–H groups in total. The molecular weight excluding hydrogens is 326 g/mol. The fourth-order valence-corrected chi connectivity index (χ4v) is 3.59. The van der Waals surface area contributed by atoms with Crippen LogP contribution in [0.2, 0.25) is 0 Å². The number of benzene rings is 1. The van der Waals surface area contributed by atoms with E-state index in [1.807, 2.05) is 55.1 Å². The average molecular weight is 349 g/mol. The first-order chi connectivity index (χ1) is 12.6. The maximum absolute atomic E-state index is 12.5. The van der Waals surface area contributed by atoms with E-state index in [2.05, 4.69) is 20.1 Å². The van der Waals surface area contributed by atoms with Gasteiger partial charge in [0, 0.05) is 37.5 Å². The van der Waals surface area contributed by atoms with Crippen molar-refractivity contribution in [2.24, 2.45) is 7.05 Å². The molecule has 1 aliphatic heterocycles. The van der Waals surface area contributed by atoms with Gasteiger partial charge in [-0.2, -0.15) is 0 Å². The highest BCUT2D eigenvalue weighted by atomic mass is 16.1. The molecule has 0 bridgehead atoms. The van der Waals surface area contributed by atoms with E-state index in [0.29, 0.717) is 5.69 Å². The SMILES string of the molecule is Cc1ccn(C)c1C(=O)Nc1ccc(-c2nnc3n2CCCCC3)cc1. The quantitative estimate of drug-likeness (QED) is 0.786. The molecule has 0 saturated carbocycles. The van der Waals surface area contributed by atoms with Crippen LogP contribution in [-0.4, -0.2) is 25.2 Å². The Balaban J connectivity index is 1.54. The molecule has 0 spiro atoms. The molecule has 1 amide bonds. The molecule has 6 nitrogen and oxygen atoms in total. The van der Waals surface area contributed by atoms with Crippen LogP contribution < -0.4 is 5.32 Å². The molecule has 2 aromatic heterocycles. The van der Waals surface area contributed by atoms with Crippen LogP contribution in [0.3, 0.4) is 0 Å². The maximum Gasteiger partial charge on any atom is 0.272 e. The minimum absolute atomic E-state index is 0.0981. The number of anilines is 1. The number of rotatable bonds is 3. The van der Waals surface area contributed by atoms with Gasteiger partial charge in [-0.25, -0.2) is 0 Å². The Bertz CT molecular complexity index is 916. The Morgan fingerprint density at radius 2 is 1.88 bits per heavy atom. The van der Waals surface area contributed by atoms with Crippen LogP contribution in [0, 0.1) is 6.92 Å². The van der Waals surface area contributed by atoms with Crippen molar-refractivity contribution < 1.29 is 4.79 Å². The van der Waals surface area contributed by atoms with Crippen LogP contribution in [0.5, 0.6) is 0 Å². The van der Waals surface area contributed by atoms with Crippen molar-refractivity contribution in [3.8, 4) is 11.4 Å². The van der Waals surface area contributed by atoms with Crippen molar-refractivity contribution in [3.05, 3.63) is 53.6 Å². The fraction of sp³-hybridized carbons (Fsp3) is 0.350. The van der Waals surface area contributed by atoms with Gasteiger partial charge >= 0.3 is 0 Å². The number of nitrogens with zero attached hydrogens (tertiary/aromatic N) is 4. The van der Waals surface area contributed by atoms with Gasteiger partial charge in [0.05, 0.1) is 0 Å². The lowest BCUT2D eigenvalue weighted by atomic mass is 10.2. The van der Waals surface area contributed by atoms with Gasteiger partial charge in [0.2, 0.25) is 0 Å². The predicted octanol–water partition coefficient (Wildman–Crippen LogP) is 3.57. The average Bonchev–Trinajstić information content (AvgIpc) is 3.10. The summed E-state index contributed by atoms with van der Waals surface area (Å²) in [6, 6.07) is 9.77. The third kappa shape index (κ3) is 3.03. The zero-order valence-electron chi connectivity index (χ0n) is 15.2. The normalized spacial score (nSPS) is 13.9. The molecule has 3 heterocycles. The lowest BCUT2D eigenvalue weighted by Gasteiger charge is -2.09. The molecule has 1 aromatic carbocycles. The van der Waals surface area contributed by atoms with Crippen molar-refractivity contribution in [1.29, 1.82) is 0 Å². The van der Waals surface area contributed by atoms with Crippen LogP contribution in [0.4, 0.5) is 5.69 Å². The fourth-order valence-electron chi connectivity index (χ4n) is 3.59. The summed E-state index contributed by atoms with van der Waals surface area (Å²) in [5, 5.41) is 11.7. The summed E-state index contributed by atoms with van der Waals surface area (Å²) < 4.78 is 4.07. The second-order valence-electron chi connectivity index (χ2n) is 6.89. The Labute approximate surface area is 152 Å². The van der Waals surface area contributed by atoms with Gasteiger partial charge in [-0.05, 0) is 55.7 Å². The van der Waals surface area contributed by atoms with Crippen molar-refractivity contribution in [2.45, 2.75) is 39.2 Å². The molecular formula is C20H23N5O. The summed E-state index contributed by atoms with van der Waals surface area (Å²) in [5.74, 6) is 1.89. The maximum atomic E-state index is 12.5. The summed E-state index contributed by atoms with van der Waals surface area (Å²) in [7, 11) is 1.88. The number of nitrogens with one attached hydrogen (secondary N) is 1. The van der Waals surface area contributed by atoms with Crippen molar-refractivity contribution in [1.82, 2.24) is 19.3 Å². The molecule has 26 heavy (non-hydrogen) atoms. The number of hydrogen-bond donors (Lipinski definition) is 1. The number of carbonyl (C=O) groups is 1. The van der Waals surface area contributed by atoms with E-state index >= 15 is 0 Å². The van der Waals surface area contributed by atoms with E-state index < -0.39 is 0 Å². The highest BCUT2D eigenvalue weighted by Gasteiger charge is 2.16. The zero-order chi connectivity index (χ0) is 18.1. The Kier molecular flexibility index (Phi) is 4.32. The van der Waals surface area contributed by atoms with Crippen LogP contribution in [0.25, 0.3) is 11.4 Å². The van der Waals surface area contributed by atoms with Crippen molar-refractivity contribution >= 4 is 11.6 Å². The standard InChI is InChI=1S/C20H23N5O/c1-14-11-13-24(2)18(14)20(26)21-16-9-7-15(8-10-16)19-23-22-17-6-4-3-5-12-25(17)19/h7-11,13H,3-6,12H2,1-2H3,(H,21,26). The molecule has 0 saturated heterocycles. The highest BCUT2D eigenvalue weighted by molar-refractivity contribution is 6.04. The number of hydrogen-bond acceptors (Lipinski definition) is 3. The van der Waals surface area contributed by atoms with E-state index in [1.165, 1.54) is 19.3 Å². The van der Waals surface area contributed by atoms with Gasteiger partial charge in [-0.1, -0.05) is 6.42 Å². The van der Waals surface area contributed by atoms with E-state index in [9.17, 15) is 4.79 Å². The molecule has 1 aliphatic rings. The molecule has 3 aromatic rings. The van der Waals surface area contributed by atoms with Crippen LogP contribution in [-0.2, 0) is 20.0 Å². The molecule has 0 fully saturated rings. The zero-order valence-corrected chi connectivity index (χ0v) is 15.2. The Morgan fingerprint density at radius 3 is 2.62 bits per heavy atom. The van der Waals surface area contributed by atoms with E-state index in [0.717, 1.165) is 41.4 Å². The number of amides is 1.